The van der Waals surface area contributed by atoms with Gasteiger partial charge in [0.15, 0.2) is 9.84 Å². The minimum atomic E-state index is -3.52. The molecule has 0 saturated carbocycles. The monoisotopic (exact) mass is 293 g/mol. The van der Waals surface area contributed by atoms with Gasteiger partial charge in [0.2, 0.25) is 0 Å². The zero-order chi connectivity index (χ0) is 11.6. The van der Waals surface area contributed by atoms with Crippen molar-refractivity contribution in [1.29, 1.82) is 0 Å². The first-order valence-corrected chi connectivity index (χ1v) is 6.73. The van der Waals surface area contributed by atoms with Gasteiger partial charge in [-0.3, -0.25) is 0 Å². The Morgan fingerprint density at radius 2 is 2.13 bits per heavy atom. The van der Waals surface area contributed by atoms with Crippen molar-refractivity contribution >= 4 is 31.5 Å². The number of benzene rings is 1. The summed E-state index contributed by atoms with van der Waals surface area (Å²) in [4.78, 5) is 0.0535. The van der Waals surface area contributed by atoms with E-state index in [1.54, 1.807) is 6.07 Å². The smallest absolute Gasteiger partial charge is 0.182 e. The Morgan fingerprint density at radius 3 is 2.67 bits per heavy atom. The zero-order valence-corrected chi connectivity index (χ0v) is 10.5. The van der Waals surface area contributed by atoms with Gasteiger partial charge in [-0.2, -0.15) is 0 Å². The third-order valence-corrected chi connectivity index (χ3v) is 4.21. The maximum absolute atomic E-state index is 11.8. The Bertz CT molecular complexity index is 456. The molecule has 0 aliphatic carbocycles. The number of rotatable bonds is 3. The topological polar surface area (TPSA) is 80.4 Å². The Labute approximate surface area is 97.2 Å². The largest absolute Gasteiger partial charge is 0.398 e. The molecule has 0 aliphatic rings. The van der Waals surface area contributed by atoms with Crippen LogP contribution in [0.15, 0.2) is 27.6 Å². The highest BCUT2D eigenvalue weighted by atomic mass is 79.9. The molecule has 1 rings (SSSR count). The van der Waals surface area contributed by atoms with Crippen LogP contribution in [0.1, 0.15) is 6.92 Å². The summed E-state index contributed by atoms with van der Waals surface area (Å²) >= 11 is 3.17. The van der Waals surface area contributed by atoms with Crippen LogP contribution in [-0.2, 0) is 9.84 Å². The number of nitrogens with two attached hydrogens (primary N) is 1. The van der Waals surface area contributed by atoms with Crippen molar-refractivity contribution in [3.8, 4) is 0 Å². The van der Waals surface area contributed by atoms with Gasteiger partial charge in [-0.15, -0.1) is 0 Å². The molecule has 0 saturated heterocycles. The SMILES string of the molecule is CC(O)CS(=O)(=O)c1cc(Br)ccc1N. The van der Waals surface area contributed by atoms with Crippen molar-refractivity contribution < 1.29 is 13.5 Å². The van der Waals surface area contributed by atoms with E-state index < -0.39 is 15.9 Å². The van der Waals surface area contributed by atoms with Crippen LogP contribution in [0.25, 0.3) is 0 Å². The fraction of sp³-hybridized carbons (Fsp3) is 0.333. The van der Waals surface area contributed by atoms with Gasteiger partial charge in [-0.1, -0.05) is 15.9 Å². The highest BCUT2D eigenvalue weighted by Gasteiger charge is 2.20. The first-order chi connectivity index (χ1) is 6.83. The van der Waals surface area contributed by atoms with E-state index in [4.69, 9.17) is 10.8 Å². The van der Waals surface area contributed by atoms with Crippen LogP contribution in [-0.4, -0.2) is 25.4 Å². The van der Waals surface area contributed by atoms with Crippen LogP contribution < -0.4 is 5.73 Å². The third kappa shape index (κ3) is 3.19. The number of nitrogen functional groups attached to an aromatic ring is 1. The van der Waals surface area contributed by atoms with Gasteiger partial charge >= 0.3 is 0 Å². The number of halogens is 1. The summed E-state index contributed by atoms with van der Waals surface area (Å²) in [6.07, 6.45) is -0.909. The predicted molar refractivity (Wildman–Crippen MR) is 62.3 cm³/mol. The molecule has 0 radical (unpaired) electrons. The summed E-state index contributed by atoms with van der Waals surface area (Å²) in [5.74, 6) is -0.326. The number of aliphatic hydroxyl groups is 1. The number of sulfone groups is 1. The van der Waals surface area contributed by atoms with Crippen molar-refractivity contribution in [1.82, 2.24) is 0 Å². The van der Waals surface area contributed by atoms with Crippen molar-refractivity contribution in [2.24, 2.45) is 0 Å². The quantitative estimate of drug-likeness (QED) is 0.820. The average molecular weight is 294 g/mol. The van der Waals surface area contributed by atoms with E-state index in [9.17, 15) is 8.42 Å². The number of aliphatic hydroxyl groups excluding tert-OH is 1. The van der Waals surface area contributed by atoms with Crippen molar-refractivity contribution in [3.05, 3.63) is 22.7 Å². The molecule has 3 N–H and O–H groups in total. The number of hydrogen-bond donors (Lipinski definition) is 2. The van der Waals surface area contributed by atoms with Gasteiger partial charge in [0.25, 0.3) is 0 Å². The second-order valence-corrected chi connectivity index (χ2v) is 6.23. The standard InChI is InChI=1S/C9H12BrNO3S/c1-6(12)5-15(13,14)9-4-7(10)2-3-8(9)11/h2-4,6,12H,5,11H2,1H3. The minimum Gasteiger partial charge on any atom is -0.398 e. The molecule has 0 aromatic heterocycles. The van der Waals surface area contributed by atoms with Gasteiger partial charge in [-0.05, 0) is 25.1 Å². The van der Waals surface area contributed by atoms with E-state index in [1.165, 1.54) is 19.1 Å². The fourth-order valence-electron chi connectivity index (χ4n) is 1.18. The van der Waals surface area contributed by atoms with Crippen molar-refractivity contribution in [2.75, 3.05) is 11.5 Å². The lowest BCUT2D eigenvalue weighted by Crippen LogP contribution is -2.18. The third-order valence-electron chi connectivity index (χ3n) is 1.77. The van der Waals surface area contributed by atoms with Crippen LogP contribution in [0.3, 0.4) is 0 Å². The lowest BCUT2D eigenvalue weighted by Gasteiger charge is -2.09. The molecule has 1 aromatic carbocycles. The van der Waals surface area contributed by atoms with Crippen LogP contribution in [0, 0.1) is 0 Å². The molecule has 0 heterocycles. The summed E-state index contributed by atoms with van der Waals surface area (Å²) in [7, 11) is -3.52. The molecule has 0 amide bonds. The first kappa shape index (κ1) is 12.5. The van der Waals surface area contributed by atoms with E-state index in [0.717, 1.165) is 0 Å². The van der Waals surface area contributed by atoms with E-state index in [1.807, 2.05) is 0 Å². The molecule has 0 fully saturated rings. The molecular formula is C9H12BrNO3S. The Balaban J connectivity index is 3.21. The molecule has 4 nitrogen and oxygen atoms in total. The van der Waals surface area contributed by atoms with Crippen molar-refractivity contribution in [3.63, 3.8) is 0 Å². The Kier molecular flexibility index (Phi) is 3.75. The van der Waals surface area contributed by atoms with E-state index >= 15 is 0 Å². The van der Waals surface area contributed by atoms with E-state index in [0.29, 0.717) is 4.47 Å². The lowest BCUT2D eigenvalue weighted by atomic mass is 10.3. The van der Waals surface area contributed by atoms with Crippen LogP contribution in [0.4, 0.5) is 5.69 Å². The zero-order valence-electron chi connectivity index (χ0n) is 8.14. The van der Waals surface area contributed by atoms with E-state index in [-0.39, 0.29) is 16.3 Å². The van der Waals surface area contributed by atoms with Crippen LogP contribution in [0.5, 0.6) is 0 Å². The average Bonchev–Trinajstić information content (AvgIpc) is 2.06. The summed E-state index contributed by atoms with van der Waals surface area (Å²) in [6, 6.07) is 4.61. The second-order valence-electron chi connectivity index (χ2n) is 3.31. The summed E-state index contributed by atoms with van der Waals surface area (Å²) in [6.45, 7) is 1.42. The van der Waals surface area contributed by atoms with Gasteiger partial charge in [-0.25, -0.2) is 8.42 Å². The van der Waals surface area contributed by atoms with E-state index in [2.05, 4.69) is 15.9 Å². The predicted octanol–water partition coefficient (Wildman–Crippen LogP) is 1.19. The molecule has 1 atom stereocenters. The van der Waals surface area contributed by atoms with Gasteiger partial charge in [0, 0.05) is 4.47 Å². The highest BCUT2D eigenvalue weighted by molar-refractivity contribution is 9.10. The molecule has 15 heavy (non-hydrogen) atoms. The molecule has 0 bridgehead atoms. The molecule has 84 valence electrons. The molecule has 6 heteroatoms. The summed E-state index contributed by atoms with van der Waals surface area (Å²) in [5, 5.41) is 9.08. The Hall–Kier alpha value is -0.590. The maximum Gasteiger partial charge on any atom is 0.182 e. The molecule has 0 aliphatic heterocycles. The van der Waals surface area contributed by atoms with Crippen LogP contribution >= 0.6 is 15.9 Å². The summed E-state index contributed by atoms with van der Waals surface area (Å²) in [5.41, 5.74) is 5.76. The van der Waals surface area contributed by atoms with Crippen molar-refractivity contribution in [2.45, 2.75) is 17.9 Å². The molecule has 1 unspecified atom stereocenters. The number of anilines is 1. The Morgan fingerprint density at radius 1 is 1.53 bits per heavy atom. The first-order valence-electron chi connectivity index (χ1n) is 4.29. The van der Waals surface area contributed by atoms with Gasteiger partial charge in [0.05, 0.1) is 22.4 Å². The maximum atomic E-state index is 11.8. The second kappa shape index (κ2) is 4.51. The molecule has 1 aromatic rings. The lowest BCUT2D eigenvalue weighted by molar-refractivity contribution is 0.218. The molecular weight excluding hydrogens is 282 g/mol. The number of hydrogen-bond acceptors (Lipinski definition) is 4. The highest BCUT2D eigenvalue weighted by Crippen LogP contribution is 2.24. The fourth-order valence-corrected chi connectivity index (χ4v) is 3.25. The summed E-state index contributed by atoms with van der Waals surface area (Å²) < 4.78 is 24.1. The minimum absolute atomic E-state index is 0.0535. The van der Waals surface area contributed by atoms with Gasteiger partial charge < -0.3 is 10.8 Å². The normalized spacial score (nSPS) is 13.8. The van der Waals surface area contributed by atoms with Gasteiger partial charge in [0.1, 0.15) is 0 Å². The van der Waals surface area contributed by atoms with Crippen LogP contribution in [0.2, 0.25) is 0 Å². The molecule has 0 spiro atoms.